The molecule has 4 nitrogen and oxygen atoms in total. The van der Waals surface area contributed by atoms with Gasteiger partial charge < -0.3 is 19.6 Å². The zero-order valence-electron chi connectivity index (χ0n) is 12.5. The van der Waals surface area contributed by atoms with Gasteiger partial charge in [0.1, 0.15) is 5.76 Å². The summed E-state index contributed by atoms with van der Waals surface area (Å²) in [5.41, 5.74) is 0. The Bertz CT molecular complexity index is 366. The summed E-state index contributed by atoms with van der Waals surface area (Å²) >= 11 is 0. The van der Waals surface area contributed by atoms with Gasteiger partial charge in [-0.3, -0.25) is 0 Å². The van der Waals surface area contributed by atoms with Crippen molar-refractivity contribution in [1.82, 2.24) is 5.32 Å². The van der Waals surface area contributed by atoms with Crippen LogP contribution in [0, 0.1) is 5.92 Å². The van der Waals surface area contributed by atoms with E-state index in [1.54, 1.807) is 6.26 Å². The molecule has 1 saturated carbocycles. The molecule has 4 heteroatoms. The van der Waals surface area contributed by atoms with Crippen LogP contribution in [0.4, 0.5) is 0 Å². The van der Waals surface area contributed by atoms with E-state index in [-0.39, 0.29) is 6.04 Å². The van der Waals surface area contributed by atoms with Gasteiger partial charge in [-0.05, 0) is 37.8 Å². The van der Waals surface area contributed by atoms with Gasteiger partial charge in [-0.1, -0.05) is 19.8 Å². The largest absolute Gasteiger partial charge is 0.468 e. The standard InChI is InChI=1S/C16H27NO3/c1-12-6-3-4-7-15(12)20-11-14(18)10-17-13(2)16-8-5-9-19-16/h5,8-9,12-15,17-18H,3-4,6-7,10-11H2,1-2H3. The molecule has 0 aliphatic heterocycles. The number of aliphatic hydroxyl groups is 1. The van der Waals surface area contributed by atoms with E-state index < -0.39 is 6.10 Å². The van der Waals surface area contributed by atoms with Crippen LogP contribution in [0.25, 0.3) is 0 Å². The van der Waals surface area contributed by atoms with Crippen molar-refractivity contribution in [2.24, 2.45) is 5.92 Å². The molecule has 0 radical (unpaired) electrons. The maximum absolute atomic E-state index is 9.99. The fraction of sp³-hybridized carbons (Fsp3) is 0.750. The molecule has 0 saturated heterocycles. The van der Waals surface area contributed by atoms with Gasteiger partial charge in [0.25, 0.3) is 0 Å². The van der Waals surface area contributed by atoms with E-state index in [4.69, 9.17) is 9.15 Å². The van der Waals surface area contributed by atoms with E-state index in [0.717, 1.165) is 12.2 Å². The third kappa shape index (κ3) is 4.62. The van der Waals surface area contributed by atoms with Crippen LogP contribution in [-0.2, 0) is 4.74 Å². The Labute approximate surface area is 121 Å². The minimum atomic E-state index is -0.471. The minimum absolute atomic E-state index is 0.105. The Morgan fingerprint density at radius 3 is 2.95 bits per heavy atom. The van der Waals surface area contributed by atoms with Crippen molar-refractivity contribution in [3.8, 4) is 0 Å². The lowest BCUT2D eigenvalue weighted by molar-refractivity contribution is -0.0456. The van der Waals surface area contributed by atoms with Crippen molar-refractivity contribution in [3.63, 3.8) is 0 Å². The normalized spacial score (nSPS) is 26.4. The average molecular weight is 281 g/mol. The third-order valence-corrected chi connectivity index (χ3v) is 4.17. The summed E-state index contributed by atoms with van der Waals surface area (Å²) in [4.78, 5) is 0. The molecule has 1 aromatic rings. The Kier molecular flexibility index (Phi) is 6.07. The van der Waals surface area contributed by atoms with Crippen molar-refractivity contribution in [1.29, 1.82) is 0 Å². The Morgan fingerprint density at radius 2 is 2.25 bits per heavy atom. The SMILES string of the molecule is CC(NCC(O)COC1CCCCC1C)c1ccco1. The first-order chi connectivity index (χ1) is 9.66. The second kappa shape index (κ2) is 7.81. The molecule has 4 atom stereocenters. The van der Waals surface area contributed by atoms with Crippen molar-refractivity contribution in [3.05, 3.63) is 24.2 Å². The molecule has 1 fully saturated rings. The summed E-state index contributed by atoms with van der Waals surface area (Å²) in [6.45, 7) is 5.19. The van der Waals surface area contributed by atoms with Gasteiger partial charge in [0.15, 0.2) is 0 Å². The predicted molar refractivity (Wildman–Crippen MR) is 78.5 cm³/mol. The second-order valence-electron chi connectivity index (χ2n) is 5.93. The summed E-state index contributed by atoms with van der Waals surface area (Å²) in [6.07, 6.45) is 6.45. The van der Waals surface area contributed by atoms with E-state index in [1.165, 1.54) is 19.3 Å². The maximum atomic E-state index is 9.99. The first kappa shape index (κ1) is 15.5. The molecule has 1 aromatic heterocycles. The first-order valence-corrected chi connectivity index (χ1v) is 7.73. The van der Waals surface area contributed by atoms with Gasteiger partial charge in [0, 0.05) is 6.54 Å². The summed E-state index contributed by atoms with van der Waals surface area (Å²) in [5.74, 6) is 1.50. The molecule has 1 aliphatic rings. The number of hydrogen-bond donors (Lipinski definition) is 2. The van der Waals surface area contributed by atoms with E-state index in [0.29, 0.717) is 25.2 Å². The summed E-state index contributed by atoms with van der Waals surface area (Å²) in [6, 6.07) is 3.91. The van der Waals surface area contributed by atoms with Crippen LogP contribution in [-0.4, -0.2) is 30.5 Å². The lowest BCUT2D eigenvalue weighted by atomic mass is 9.88. The number of nitrogens with one attached hydrogen (secondary N) is 1. The lowest BCUT2D eigenvalue weighted by Gasteiger charge is -2.29. The molecular weight excluding hydrogens is 254 g/mol. The number of rotatable bonds is 7. The maximum Gasteiger partial charge on any atom is 0.120 e. The summed E-state index contributed by atoms with van der Waals surface area (Å²) < 4.78 is 11.2. The molecule has 20 heavy (non-hydrogen) atoms. The lowest BCUT2D eigenvalue weighted by Crippen LogP contribution is -2.35. The van der Waals surface area contributed by atoms with E-state index in [1.807, 2.05) is 19.1 Å². The highest BCUT2D eigenvalue weighted by atomic mass is 16.5. The first-order valence-electron chi connectivity index (χ1n) is 7.73. The van der Waals surface area contributed by atoms with E-state index in [9.17, 15) is 5.11 Å². The van der Waals surface area contributed by atoms with Gasteiger partial charge in [-0.25, -0.2) is 0 Å². The van der Waals surface area contributed by atoms with Gasteiger partial charge in [-0.2, -0.15) is 0 Å². The third-order valence-electron chi connectivity index (χ3n) is 4.17. The van der Waals surface area contributed by atoms with E-state index >= 15 is 0 Å². The Balaban J connectivity index is 1.63. The van der Waals surface area contributed by atoms with Crippen molar-refractivity contribution in [2.45, 2.75) is 57.8 Å². The van der Waals surface area contributed by atoms with Gasteiger partial charge in [0.05, 0.1) is 31.1 Å². The number of ether oxygens (including phenoxy) is 1. The quantitative estimate of drug-likeness (QED) is 0.807. The second-order valence-corrected chi connectivity index (χ2v) is 5.93. The molecule has 0 amide bonds. The fourth-order valence-corrected chi connectivity index (χ4v) is 2.77. The van der Waals surface area contributed by atoms with E-state index in [2.05, 4.69) is 12.2 Å². The monoisotopic (exact) mass is 281 g/mol. The Hall–Kier alpha value is -0.840. The summed E-state index contributed by atoms with van der Waals surface area (Å²) in [7, 11) is 0. The average Bonchev–Trinajstić information content (AvgIpc) is 2.98. The molecule has 0 spiro atoms. The molecule has 1 aliphatic carbocycles. The molecular formula is C16H27NO3. The van der Waals surface area contributed by atoms with Crippen LogP contribution in [0.5, 0.6) is 0 Å². The highest BCUT2D eigenvalue weighted by Crippen LogP contribution is 2.26. The van der Waals surface area contributed by atoms with Crippen LogP contribution < -0.4 is 5.32 Å². The highest BCUT2D eigenvalue weighted by molar-refractivity contribution is 5.02. The van der Waals surface area contributed by atoms with Crippen molar-refractivity contribution in [2.75, 3.05) is 13.2 Å². The number of hydrogen-bond acceptors (Lipinski definition) is 4. The minimum Gasteiger partial charge on any atom is -0.468 e. The highest BCUT2D eigenvalue weighted by Gasteiger charge is 2.22. The summed E-state index contributed by atoms with van der Waals surface area (Å²) in [5, 5.41) is 13.3. The fourth-order valence-electron chi connectivity index (χ4n) is 2.77. The van der Waals surface area contributed by atoms with Crippen LogP contribution >= 0.6 is 0 Å². The molecule has 0 bridgehead atoms. The molecule has 114 valence electrons. The van der Waals surface area contributed by atoms with Gasteiger partial charge >= 0.3 is 0 Å². The van der Waals surface area contributed by atoms with Gasteiger partial charge in [0.2, 0.25) is 0 Å². The predicted octanol–water partition coefficient (Wildman–Crippen LogP) is 2.89. The molecule has 0 aromatic carbocycles. The number of furan rings is 1. The topological polar surface area (TPSA) is 54.6 Å². The van der Waals surface area contributed by atoms with Crippen LogP contribution in [0.2, 0.25) is 0 Å². The van der Waals surface area contributed by atoms with Crippen molar-refractivity contribution < 1.29 is 14.3 Å². The van der Waals surface area contributed by atoms with Crippen LogP contribution in [0.3, 0.4) is 0 Å². The van der Waals surface area contributed by atoms with Crippen molar-refractivity contribution >= 4 is 0 Å². The van der Waals surface area contributed by atoms with Crippen LogP contribution in [0.15, 0.2) is 22.8 Å². The zero-order chi connectivity index (χ0) is 14.4. The molecule has 1 heterocycles. The molecule has 4 unspecified atom stereocenters. The Morgan fingerprint density at radius 1 is 1.45 bits per heavy atom. The molecule has 2 rings (SSSR count). The zero-order valence-corrected chi connectivity index (χ0v) is 12.5. The molecule has 2 N–H and O–H groups in total. The van der Waals surface area contributed by atoms with Crippen LogP contribution in [0.1, 0.15) is 51.3 Å². The smallest absolute Gasteiger partial charge is 0.120 e. The number of aliphatic hydroxyl groups excluding tert-OH is 1. The van der Waals surface area contributed by atoms with Gasteiger partial charge in [-0.15, -0.1) is 0 Å².